The molecular formula is C40H34O2P2. The minimum atomic E-state index is -0.905. The van der Waals surface area contributed by atoms with Gasteiger partial charge < -0.3 is 9.47 Å². The first-order valence-corrected chi connectivity index (χ1v) is 17.7. The molecule has 216 valence electrons. The first kappa shape index (κ1) is 28.5. The van der Waals surface area contributed by atoms with Gasteiger partial charge in [0.05, 0.1) is 0 Å². The summed E-state index contributed by atoms with van der Waals surface area (Å²) in [6.45, 7) is 5.50. The quantitative estimate of drug-likeness (QED) is 0.186. The lowest BCUT2D eigenvalue weighted by atomic mass is 9.98. The zero-order chi connectivity index (χ0) is 29.9. The number of aryl methyl sites for hydroxylation is 2. The summed E-state index contributed by atoms with van der Waals surface area (Å²) < 4.78 is 13.2. The topological polar surface area (TPSA) is 18.5 Å². The van der Waals surface area contributed by atoms with Gasteiger partial charge >= 0.3 is 0 Å². The van der Waals surface area contributed by atoms with Crippen LogP contribution in [0.3, 0.4) is 0 Å². The van der Waals surface area contributed by atoms with Crippen molar-refractivity contribution in [1.82, 2.24) is 0 Å². The Hall–Kier alpha value is -4.22. The number of benzene rings is 6. The first-order valence-electron chi connectivity index (χ1n) is 15.0. The summed E-state index contributed by atoms with van der Waals surface area (Å²) in [6, 6.07) is 52.7. The predicted molar refractivity (Wildman–Crippen MR) is 190 cm³/mol. The molecule has 6 aromatic rings. The van der Waals surface area contributed by atoms with Crippen LogP contribution < -0.4 is 41.3 Å². The number of ether oxygens (including phenoxy) is 2. The Morgan fingerprint density at radius 2 is 0.682 bits per heavy atom. The van der Waals surface area contributed by atoms with E-state index in [0.717, 1.165) is 22.6 Å². The van der Waals surface area contributed by atoms with Gasteiger partial charge in [-0.3, -0.25) is 0 Å². The van der Waals surface area contributed by atoms with Crippen molar-refractivity contribution >= 4 is 47.7 Å². The number of hydrogen-bond acceptors (Lipinski definition) is 2. The molecule has 0 fully saturated rings. The van der Waals surface area contributed by atoms with Gasteiger partial charge in [-0.15, -0.1) is 0 Å². The molecule has 0 aromatic heterocycles. The van der Waals surface area contributed by atoms with E-state index >= 15 is 0 Å². The molecule has 2 nitrogen and oxygen atoms in total. The highest BCUT2D eigenvalue weighted by Gasteiger charge is 2.32. The second-order valence-electron chi connectivity index (χ2n) is 10.9. The summed E-state index contributed by atoms with van der Waals surface area (Å²) in [5.74, 6) is 1.86. The highest BCUT2D eigenvalue weighted by molar-refractivity contribution is 7.81. The minimum absolute atomic E-state index is 0.499. The van der Waals surface area contributed by atoms with E-state index in [4.69, 9.17) is 9.47 Å². The molecule has 1 aliphatic heterocycles. The monoisotopic (exact) mass is 608 g/mol. The predicted octanol–water partition coefficient (Wildman–Crippen LogP) is 7.26. The Labute approximate surface area is 262 Å². The maximum Gasteiger partial charge on any atom is 0.128 e. The number of hydrogen-bond donors (Lipinski definition) is 0. The van der Waals surface area contributed by atoms with Gasteiger partial charge in [0.25, 0.3) is 0 Å². The Balaban J connectivity index is 1.60. The Morgan fingerprint density at radius 3 is 0.977 bits per heavy atom. The van der Waals surface area contributed by atoms with E-state index in [1.807, 2.05) is 0 Å². The van der Waals surface area contributed by atoms with Gasteiger partial charge in [-0.1, -0.05) is 133 Å². The Kier molecular flexibility index (Phi) is 8.30. The van der Waals surface area contributed by atoms with Crippen LogP contribution >= 0.6 is 15.8 Å². The molecule has 6 aromatic carbocycles. The fourth-order valence-corrected chi connectivity index (χ4v) is 11.3. The van der Waals surface area contributed by atoms with Crippen LogP contribution in [0.25, 0.3) is 11.1 Å². The van der Waals surface area contributed by atoms with Crippen LogP contribution in [-0.2, 0) is 0 Å². The molecule has 0 saturated carbocycles. The highest BCUT2D eigenvalue weighted by atomic mass is 31.1. The SMILES string of the molecule is Cc1ccc2c(c1P(c1ccccc1)c1ccccc1)-c1c(ccc(C)c1P(c1ccccc1)c1ccccc1)OCCO2. The summed E-state index contributed by atoms with van der Waals surface area (Å²) >= 11 is 0. The number of rotatable bonds is 6. The van der Waals surface area contributed by atoms with Crippen molar-refractivity contribution in [2.24, 2.45) is 0 Å². The van der Waals surface area contributed by atoms with E-state index in [-0.39, 0.29) is 0 Å². The molecule has 0 N–H and O–H groups in total. The maximum atomic E-state index is 6.58. The molecule has 0 unspecified atom stereocenters. The van der Waals surface area contributed by atoms with E-state index in [0.29, 0.717) is 13.2 Å². The van der Waals surface area contributed by atoms with Gasteiger partial charge in [0.2, 0.25) is 0 Å². The van der Waals surface area contributed by atoms with Gasteiger partial charge in [-0.2, -0.15) is 0 Å². The minimum Gasteiger partial charge on any atom is -0.489 e. The molecule has 1 heterocycles. The highest BCUT2D eigenvalue weighted by Crippen LogP contribution is 2.48. The molecule has 1 aliphatic rings. The van der Waals surface area contributed by atoms with Crippen LogP contribution in [0.2, 0.25) is 0 Å². The lowest BCUT2D eigenvalue weighted by molar-refractivity contribution is 0.214. The molecule has 0 amide bonds. The summed E-state index contributed by atoms with van der Waals surface area (Å²) in [7, 11) is -1.81. The standard InChI is InChI=1S/C40H34O2P2/c1-29-23-25-35-37(39(29)43(31-15-7-3-8-16-31)32-17-9-4-10-18-32)38-36(42-28-27-41-35)26-24-30(2)40(38)44(33-19-11-5-12-20-33)34-21-13-6-14-22-34/h3-26H,27-28H2,1-2H3. The van der Waals surface area contributed by atoms with Crippen LogP contribution in [0.15, 0.2) is 146 Å². The zero-order valence-electron chi connectivity index (χ0n) is 25.0. The molecule has 0 radical (unpaired) electrons. The molecular weight excluding hydrogens is 574 g/mol. The summed E-state index contributed by atoms with van der Waals surface area (Å²) in [5, 5.41) is 7.92. The van der Waals surface area contributed by atoms with Crippen molar-refractivity contribution in [1.29, 1.82) is 0 Å². The van der Waals surface area contributed by atoms with E-state index < -0.39 is 15.8 Å². The maximum absolute atomic E-state index is 6.58. The van der Waals surface area contributed by atoms with Crippen LogP contribution in [0.1, 0.15) is 11.1 Å². The first-order chi connectivity index (χ1) is 21.7. The Morgan fingerprint density at radius 1 is 0.386 bits per heavy atom. The van der Waals surface area contributed by atoms with Crippen molar-refractivity contribution in [2.45, 2.75) is 13.8 Å². The summed E-state index contributed by atoms with van der Waals surface area (Å²) in [4.78, 5) is 0. The molecule has 0 spiro atoms. The average Bonchev–Trinajstić information content (AvgIpc) is 3.07. The van der Waals surface area contributed by atoms with Crippen molar-refractivity contribution in [3.8, 4) is 22.6 Å². The van der Waals surface area contributed by atoms with Gasteiger partial charge in [0.1, 0.15) is 24.7 Å². The third kappa shape index (κ3) is 5.46. The van der Waals surface area contributed by atoms with Crippen LogP contribution in [0, 0.1) is 13.8 Å². The lowest BCUT2D eigenvalue weighted by Crippen LogP contribution is -2.30. The fraction of sp³-hybridized carbons (Fsp3) is 0.100. The smallest absolute Gasteiger partial charge is 0.128 e. The van der Waals surface area contributed by atoms with E-state index in [1.165, 1.54) is 43.0 Å². The second kappa shape index (κ2) is 12.8. The third-order valence-corrected chi connectivity index (χ3v) is 13.3. The normalized spacial score (nSPS) is 12.5. The van der Waals surface area contributed by atoms with E-state index in [2.05, 4.69) is 159 Å². The molecule has 0 saturated heterocycles. The molecule has 4 heteroatoms. The van der Waals surface area contributed by atoms with E-state index in [1.54, 1.807) is 0 Å². The molecule has 0 bridgehead atoms. The van der Waals surface area contributed by atoms with Gasteiger partial charge in [-0.05, 0) is 84.8 Å². The zero-order valence-corrected chi connectivity index (χ0v) is 26.8. The van der Waals surface area contributed by atoms with E-state index in [9.17, 15) is 0 Å². The largest absolute Gasteiger partial charge is 0.489 e. The summed E-state index contributed by atoms with van der Waals surface area (Å²) in [5.41, 5.74) is 4.84. The van der Waals surface area contributed by atoms with Crippen molar-refractivity contribution < 1.29 is 9.47 Å². The van der Waals surface area contributed by atoms with Crippen LogP contribution in [0.5, 0.6) is 11.5 Å². The number of fused-ring (bicyclic) bond motifs is 3. The molecule has 0 aliphatic carbocycles. The van der Waals surface area contributed by atoms with Crippen molar-refractivity contribution in [2.75, 3.05) is 13.2 Å². The van der Waals surface area contributed by atoms with Gasteiger partial charge in [-0.25, -0.2) is 0 Å². The van der Waals surface area contributed by atoms with Crippen LogP contribution in [-0.4, -0.2) is 13.2 Å². The average molecular weight is 609 g/mol. The van der Waals surface area contributed by atoms with Gasteiger partial charge in [0, 0.05) is 11.1 Å². The molecule has 7 rings (SSSR count). The molecule has 44 heavy (non-hydrogen) atoms. The fourth-order valence-electron chi connectivity index (χ4n) is 6.08. The second-order valence-corrected chi connectivity index (χ2v) is 15.2. The molecule has 0 atom stereocenters. The Bertz CT molecular complexity index is 1650. The lowest BCUT2D eigenvalue weighted by Gasteiger charge is -2.32. The van der Waals surface area contributed by atoms with Crippen LogP contribution in [0.4, 0.5) is 0 Å². The van der Waals surface area contributed by atoms with Crippen molar-refractivity contribution in [3.05, 3.63) is 157 Å². The third-order valence-electron chi connectivity index (χ3n) is 8.04. The van der Waals surface area contributed by atoms with Gasteiger partial charge in [0.15, 0.2) is 0 Å². The summed E-state index contributed by atoms with van der Waals surface area (Å²) in [6.07, 6.45) is 0. The van der Waals surface area contributed by atoms with Crippen molar-refractivity contribution in [3.63, 3.8) is 0 Å².